The summed E-state index contributed by atoms with van der Waals surface area (Å²) in [4.78, 5) is 13.4. The summed E-state index contributed by atoms with van der Waals surface area (Å²) in [5.41, 5.74) is 0.978. The zero-order valence-corrected chi connectivity index (χ0v) is 17.4. The molecule has 0 bridgehead atoms. The maximum Gasteiger partial charge on any atom is 0.230 e. The third-order valence-electron chi connectivity index (χ3n) is 4.34. The molecule has 0 aliphatic carbocycles. The van der Waals surface area contributed by atoms with Gasteiger partial charge in [0.2, 0.25) is 5.91 Å². The predicted molar refractivity (Wildman–Crippen MR) is 112 cm³/mol. The summed E-state index contributed by atoms with van der Waals surface area (Å²) in [6, 6.07) is 14.3. The lowest BCUT2D eigenvalue weighted by Gasteiger charge is -2.24. The molecule has 1 amide bonds. The number of hydrogen-bond acceptors (Lipinski definition) is 5. The quantitative estimate of drug-likeness (QED) is 0.568. The van der Waals surface area contributed by atoms with Crippen molar-refractivity contribution in [1.29, 1.82) is 0 Å². The molecule has 2 aromatic heterocycles. The van der Waals surface area contributed by atoms with Gasteiger partial charge in [-0.2, -0.15) is 0 Å². The molecule has 3 aromatic rings. The minimum absolute atomic E-state index is 0.0128. The van der Waals surface area contributed by atoms with Crippen LogP contribution in [0.4, 0.5) is 0 Å². The molecule has 5 nitrogen and oxygen atoms in total. The molecule has 0 aliphatic heterocycles. The molecule has 0 saturated heterocycles. The SMILES string of the molecule is CCC(C)(C)NC(=O)CSc1nnc(-c2cccs2)n1Cc1ccccc1. The van der Waals surface area contributed by atoms with Gasteiger partial charge in [-0.05, 0) is 37.3 Å². The Kier molecular flexibility index (Phi) is 6.34. The molecule has 3 rings (SSSR count). The molecule has 0 saturated carbocycles. The Morgan fingerprint density at radius 1 is 1.19 bits per heavy atom. The second-order valence-corrected chi connectivity index (χ2v) is 8.82. The first-order valence-electron chi connectivity index (χ1n) is 8.93. The van der Waals surface area contributed by atoms with E-state index in [0.29, 0.717) is 12.3 Å². The summed E-state index contributed by atoms with van der Waals surface area (Å²) < 4.78 is 2.09. The number of rotatable bonds is 8. The van der Waals surface area contributed by atoms with E-state index >= 15 is 0 Å². The zero-order chi connectivity index (χ0) is 19.3. The lowest BCUT2D eigenvalue weighted by atomic mass is 10.0. The highest BCUT2D eigenvalue weighted by Gasteiger charge is 2.20. The van der Waals surface area contributed by atoms with Crippen LogP contribution < -0.4 is 5.32 Å². The first-order chi connectivity index (χ1) is 13.0. The molecular weight excluding hydrogens is 376 g/mol. The number of carbonyl (C=O) groups is 1. The summed E-state index contributed by atoms with van der Waals surface area (Å²) in [5, 5.41) is 14.6. The van der Waals surface area contributed by atoms with Crippen molar-refractivity contribution >= 4 is 29.0 Å². The van der Waals surface area contributed by atoms with Crippen LogP contribution in [0.3, 0.4) is 0 Å². The van der Waals surface area contributed by atoms with Gasteiger partial charge < -0.3 is 5.32 Å². The lowest BCUT2D eigenvalue weighted by molar-refractivity contribution is -0.120. The van der Waals surface area contributed by atoms with E-state index in [2.05, 4.69) is 39.1 Å². The number of aromatic nitrogens is 3. The van der Waals surface area contributed by atoms with Crippen molar-refractivity contribution in [3.05, 3.63) is 53.4 Å². The van der Waals surface area contributed by atoms with Gasteiger partial charge in [0.05, 0.1) is 17.2 Å². The standard InChI is InChI=1S/C20H24N4OS2/c1-4-20(2,3)21-17(25)14-27-19-23-22-18(16-11-8-12-26-16)24(19)13-15-9-6-5-7-10-15/h5-12H,4,13-14H2,1-3H3,(H,21,25). The molecule has 27 heavy (non-hydrogen) atoms. The summed E-state index contributed by atoms with van der Waals surface area (Å²) >= 11 is 3.06. The van der Waals surface area contributed by atoms with Crippen LogP contribution in [0, 0.1) is 0 Å². The third-order valence-corrected chi connectivity index (χ3v) is 6.17. The van der Waals surface area contributed by atoms with Gasteiger partial charge in [-0.3, -0.25) is 9.36 Å². The Morgan fingerprint density at radius 2 is 1.96 bits per heavy atom. The number of nitrogens with zero attached hydrogens (tertiary/aromatic N) is 3. The van der Waals surface area contributed by atoms with Crippen molar-refractivity contribution in [2.75, 3.05) is 5.75 Å². The van der Waals surface area contributed by atoms with Crippen molar-refractivity contribution in [3.63, 3.8) is 0 Å². The Morgan fingerprint density at radius 3 is 2.63 bits per heavy atom. The van der Waals surface area contributed by atoms with Crippen LogP contribution in [0.25, 0.3) is 10.7 Å². The van der Waals surface area contributed by atoms with Gasteiger partial charge in [0, 0.05) is 5.54 Å². The van der Waals surface area contributed by atoms with E-state index in [0.717, 1.165) is 22.3 Å². The van der Waals surface area contributed by atoms with Gasteiger partial charge in [0.1, 0.15) is 0 Å². The van der Waals surface area contributed by atoms with E-state index < -0.39 is 0 Å². The fraction of sp³-hybridized carbons (Fsp3) is 0.350. The average Bonchev–Trinajstić information content (AvgIpc) is 3.30. The molecule has 142 valence electrons. The molecule has 0 spiro atoms. The van der Waals surface area contributed by atoms with E-state index in [1.54, 1.807) is 11.3 Å². The van der Waals surface area contributed by atoms with Crippen LogP contribution in [0.1, 0.15) is 32.8 Å². The first-order valence-corrected chi connectivity index (χ1v) is 10.8. The predicted octanol–water partition coefficient (Wildman–Crippen LogP) is 4.45. The fourth-order valence-electron chi connectivity index (χ4n) is 2.52. The van der Waals surface area contributed by atoms with Gasteiger partial charge in [0.25, 0.3) is 0 Å². The fourth-order valence-corrected chi connectivity index (χ4v) is 3.98. The first kappa shape index (κ1) is 19.6. The Hall–Kier alpha value is -2.12. The summed E-state index contributed by atoms with van der Waals surface area (Å²) in [5.74, 6) is 1.17. The molecule has 1 N–H and O–H groups in total. The van der Waals surface area contributed by atoms with Crippen LogP contribution in [0.2, 0.25) is 0 Å². The van der Waals surface area contributed by atoms with E-state index in [1.807, 2.05) is 49.6 Å². The van der Waals surface area contributed by atoms with Crippen LogP contribution in [0.15, 0.2) is 53.0 Å². The number of nitrogens with one attached hydrogen (secondary N) is 1. The molecule has 2 heterocycles. The molecule has 0 fully saturated rings. The van der Waals surface area contributed by atoms with Crippen molar-refractivity contribution in [3.8, 4) is 10.7 Å². The third kappa shape index (κ3) is 5.20. The maximum atomic E-state index is 12.3. The number of benzene rings is 1. The zero-order valence-electron chi connectivity index (χ0n) is 15.8. The van der Waals surface area contributed by atoms with Gasteiger partial charge in [-0.15, -0.1) is 21.5 Å². The van der Waals surface area contributed by atoms with E-state index in [1.165, 1.54) is 17.3 Å². The van der Waals surface area contributed by atoms with Crippen molar-refractivity contribution < 1.29 is 4.79 Å². The molecule has 0 atom stereocenters. The van der Waals surface area contributed by atoms with Gasteiger partial charge in [-0.25, -0.2) is 0 Å². The smallest absolute Gasteiger partial charge is 0.230 e. The minimum Gasteiger partial charge on any atom is -0.351 e. The Balaban J connectivity index is 1.79. The summed E-state index contributed by atoms with van der Waals surface area (Å²) in [7, 11) is 0. The van der Waals surface area contributed by atoms with Crippen molar-refractivity contribution in [2.24, 2.45) is 0 Å². The Bertz CT molecular complexity index is 873. The number of carbonyl (C=O) groups excluding carboxylic acids is 1. The van der Waals surface area contributed by atoms with E-state index in [9.17, 15) is 4.79 Å². The molecule has 0 unspecified atom stereocenters. The highest BCUT2D eigenvalue weighted by atomic mass is 32.2. The van der Waals surface area contributed by atoms with Crippen molar-refractivity contribution in [2.45, 2.75) is 44.4 Å². The number of amides is 1. The highest BCUT2D eigenvalue weighted by Crippen LogP contribution is 2.28. The van der Waals surface area contributed by atoms with E-state index in [-0.39, 0.29) is 11.4 Å². The van der Waals surface area contributed by atoms with Gasteiger partial charge in [-0.1, -0.05) is 55.1 Å². The van der Waals surface area contributed by atoms with Crippen LogP contribution >= 0.6 is 23.1 Å². The minimum atomic E-state index is -0.197. The molecule has 0 radical (unpaired) electrons. The van der Waals surface area contributed by atoms with Crippen LogP contribution in [-0.4, -0.2) is 32.0 Å². The largest absolute Gasteiger partial charge is 0.351 e. The Labute approximate surface area is 168 Å². The normalized spacial score (nSPS) is 11.5. The molecular formula is C20H24N4OS2. The summed E-state index contributed by atoms with van der Waals surface area (Å²) in [6.07, 6.45) is 0.885. The number of hydrogen-bond donors (Lipinski definition) is 1. The molecule has 0 aliphatic rings. The highest BCUT2D eigenvalue weighted by molar-refractivity contribution is 7.99. The monoisotopic (exact) mass is 400 g/mol. The number of thioether (sulfide) groups is 1. The number of thiophene rings is 1. The topological polar surface area (TPSA) is 59.8 Å². The van der Waals surface area contributed by atoms with Crippen LogP contribution in [0.5, 0.6) is 0 Å². The second kappa shape index (κ2) is 8.71. The molecule has 1 aromatic carbocycles. The second-order valence-electron chi connectivity index (χ2n) is 6.93. The maximum absolute atomic E-state index is 12.3. The van der Waals surface area contributed by atoms with Gasteiger partial charge >= 0.3 is 0 Å². The van der Waals surface area contributed by atoms with Crippen molar-refractivity contribution in [1.82, 2.24) is 20.1 Å². The van der Waals surface area contributed by atoms with Gasteiger partial charge in [0.15, 0.2) is 11.0 Å². The lowest BCUT2D eigenvalue weighted by Crippen LogP contribution is -2.43. The van der Waals surface area contributed by atoms with Crippen LogP contribution in [-0.2, 0) is 11.3 Å². The molecule has 7 heteroatoms. The van der Waals surface area contributed by atoms with E-state index in [4.69, 9.17) is 0 Å². The summed E-state index contributed by atoms with van der Waals surface area (Å²) in [6.45, 7) is 6.80. The average molecular weight is 401 g/mol.